The van der Waals surface area contributed by atoms with Gasteiger partial charge < -0.3 is 15.3 Å². The minimum absolute atomic E-state index is 0.0856. The molecule has 0 radical (unpaired) electrons. The Labute approximate surface area is 167 Å². The van der Waals surface area contributed by atoms with Crippen LogP contribution in [-0.4, -0.2) is 16.0 Å². The average molecular weight is 397 g/mol. The Hall–Kier alpha value is -3.05. The molecular formula is C22H18ClFN2O2. The van der Waals surface area contributed by atoms with E-state index >= 15 is 0 Å². The monoisotopic (exact) mass is 396 g/mol. The van der Waals surface area contributed by atoms with Gasteiger partial charge in [-0.3, -0.25) is 0 Å². The quantitative estimate of drug-likeness (QED) is 0.654. The van der Waals surface area contributed by atoms with Crippen molar-refractivity contribution >= 4 is 17.6 Å². The summed E-state index contributed by atoms with van der Waals surface area (Å²) in [5.41, 5.74) is 3.35. The zero-order valence-electron chi connectivity index (χ0n) is 14.9. The maximum absolute atomic E-state index is 13.1. The minimum atomic E-state index is -0.442. The molecule has 1 aliphatic heterocycles. The third-order valence-electron chi connectivity index (χ3n) is 4.90. The van der Waals surface area contributed by atoms with Crippen LogP contribution in [0.5, 0.6) is 5.75 Å². The number of fused-ring (bicyclic) bond motifs is 1. The van der Waals surface area contributed by atoms with Crippen LogP contribution in [0.2, 0.25) is 5.02 Å². The molecule has 6 heteroatoms. The maximum atomic E-state index is 13.1. The largest absolute Gasteiger partial charge is 0.508 e. The predicted octanol–water partition coefficient (Wildman–Crippen LogP) is 5.00. The van der Waals surface area contributed by atoms with Crippen LogP contribution in [0.15, 0.2) is 66.7 Å². The minimum Gasteiger partial charge on any atom is -0.508 e. The van der Waals surface area contributed by atoms with E-state index in [0.717, 1.165) is 16.7 Å². The molecule has 1 aliphatic rings. The highest BCUT2D eigenvalue weighted by Crippen LogP contribution is 2.42. The fraction of sp³-hybridized carbons (Fsp3) is 0.136. The molecule has 1 heterocycles. The first kappa shape index (κ1) is 18.3. The molecule has 0 fully saturated rings. The van der Waals surface area contributed by atoms with Crippen molar-refractivity contribution < 1.29 is 14.3 Å². The van der Waals surface area contributed by atoms with E-state index in [1.54, 1.807) is 29.2 Å². The first-order valence-electron chi connectivity index (χ1n) is 8.88. The van der Waals surface area contributed by atoms with Gasteiger partial charge in [0.25, 0.3) is 0 Å². The molecule has 3 aromatic rings. The summed E-state index contributed by atoms with van der Waals surface area (Å²) >= 11 is 6.14. The van der Waals surface area contributed by atoms with Crippen LogP contribution < -0.4 is 5.32 Å². The molecular weight excluding hydrogens is 379 g/mol. The van der Waals surface area contributed by atoms with Gasteiger partial charge in [0, 0.05) is 23.7 Å². The highest BCUT2D eigenvalue weighted by atomic mass is 35.5. The number of nitrogens with zero attached hydrogens (tertiary/aromatic N) is 1. The molecule has 0 aromatic heterocycles. The number of phenols is 1. The third kappa shape index (κ3) is 3.53. The molecule has 0 saturated heterocycles. The number of amides is 2. The standard InChI is InChI=1S/C22H18ClFN2O2/c23-16-7-10-20(27)19(11-16)21-18-4-2-1-3-15(18)13-26(21)22(28)25-12-14-5-8-17(24)9-6-14/h1-11,21,27H,12-13H2,(H,25,28). The Morgan fingerprint density at radius 1 is 1.11 bits per heavy atom. The van der Waals surface area contributed by atoms with Gasteiger partial charge in [-0.25, -0.2) is 9.18 Å². The van der Waals surface area contributed by atoms with E-state index in [1.165, 1.54) is 18.2 Å². The van der Waals surface area contributed by atoms with Crippen molar-refractivity contribution in [1.29, 1.82) is 0 Å². The van der Waals surface area contributed by atoms with Gasteiger partial charge in [-0.15, -0.1) is 0 Å². The Balaban J connectivity index is 1.62. The van der Waals surface area contributed by atoms with Crippen LogP contribution >= 0.6 is 11.6 Å². The van der Waals surface area contributed by atoms with E-state index in [0.29, 0.717) is 17.1 Å². The van der Waals surface area contributed by atoms with E-state index in [-0.39, 0.29) is 24.1 Å². The molecule has 4 rings (SSSR count). The van der Waals surface area contributed by atoms with E-state index in [4.69, 9.17) is 11.6 Å². The number of carbonyl (C=O) groups is 1. The smallest absolute Gasteiger partial charge is 0.318 e. The summed E-state index contributed by atoms with van der Waals surface area (Å²) in [6.07, 6.45) is 0. The molecule has 0 bridgehead atoms. The van der Waals surface area contributed by atoms with Gasteiger partial charge in [0.15, 0.2) is 0 Å². The number of aromatic hydroxyl groups is 1. The summed E-state index contributed by atoms with van der Waals surface area (Å²) in [5.74, 6) is -0.232. The Bertz CT molecular complexity index is 1020. The number of rotatable bonds is 3. The van der Waals surface area contributed by atoms with Gasteiger partial charge in [-0.1, -0.05) is 48.0 Å². The van der Waals surface area contributed by atoms with Gasteiger partial charge in [-0.2, -0.15) is 0 Å². The number of urea groups is 1. The van der Waals surface area contributed by atoms with Crippen molar-refractivity contribution in [3.63, 3.8) is 0 Å². The van der Waals surface area contributed by atoms with E-state index in [1.807, 2.05) is 24.3 Å². The summed E-state index contributed by atoms with van der Waals surface area (Å²) in [6.45, 7) is 0.697. The Kier molecular flexibility index (Phi) is 4.92. The molecule has 2 N–H and O–H groups in total. The van der Waals surface area contributed by atoms with Crippen molar-refractivity contribution in [3.05, 3.63) is 99.8 Å². The molecule has 3 aromatic carbocycles. The third-order valence-corrected chi connectivity index (χ3v) is 5.14. The van der Waals surface area contributed by atoms with Gasteiger partial charge in [0.2, 0.25) is 0 Å². The number of hydrogen-bond acceptors (Lipinski definition) is 2. The number of halogens is 2. The van der Waals surface area contributed by atoms with E-state index in [2.05, 4.69) is 5.32 Å². The second kappa shape index (κ2) is 7.52. The van der Waals surface area contributed by atoms with Crippen LogP contribution in [0.3, 0.4) is 0 Å². The number of phenolic OH excluding ortho intramolecular Hbond substituents is 1. The summed E-state index contributed by atoms with van der Waals surface area (Å²) in [6, 6.07) is 17.9. The lowest BCUT2D eigenvalue weighted by atomic mass is 9.97. The molecule has 1 atom stereocenters. The van der Waals surface area contributed by atoms with E-state index in [9.17, 15) is 14.3 Å². The first-order chi connectivity index (χ1) is 13.5. The molecule has 2 amide bonds. The number of hydrogen-bond donors (Lipinski definition) is 2. The van der Waals surface area contributed by atoms with Crippen molar-refractivity contribution in [2.75, 3.05) is 0 Å². The van der Waals surface area contributed by atoms with Crippen LogP contribution in [-0.2, 0) is 13.1 Å². The molecule has 0 aliphatic carbocycles. The molecule has 1 unspecified atom stereocenters. The van der Waals surface area contributed by atoms with Gasteiger partial charge >= 0.3 is 6.03 Å². The lowest BCUT2D eigenvalue weighted by Crippen LogP contribution is -2.38. The fourth-order valence-electron chi connectivity index (χ4n) is 3.54. The normalized spacial score (nSPS) is 15.4. The zero-order valence-corrected chi connectivity index (χ0v) is 15.7. The van der Waals surface area contributed by atoms with Crippen molar-refractivity contribution in [2.24, 2.45) is 0 Å². The molecule has 0 saturated carbocycles. The molecule has 4 nitrogen and oxygen atoms in total. The van der Waals surface area contributed by atoms with Crippen molar-refractivity contribution in [2.45, 2.75) is 19.1 Å². The summed E-state index contributed by atoms with van der Waals surface area (Å²) in [5, 5.41) is 13.8. The lowest BCUT2D eigenvalue weighted by molar-refractivity contribution is 0.188. The van der Waals surface area contributed by atoms with Gasteiger partial charge in [-0.05, 0) is 47.0 Å². The number of nitrogens with one attached hydrogen (secondary N) is 1. The molecule has 28 heavy (non-hydrogen) atoms. The number of carbonyl (C=O) groups excluding carboxylic acids is 1. The highest BCUT2D eigenvalue weighted by Gasteiger charge is 2.36. The number of benzene rings is 3. The molecule has 0 spiro atoms. The van der Waals surface area contributed by atoms with Crippen molar-refractivity contribution in [1.82, 2.24) is 10.2 Å². The summed E-state index contributed by atoms with van der Waals surface area (Å²) < 4.78 is 13.1. The lowest BCUT2D eigenvalue weighted by Gasteiger charge is -2.26. The summed E-state index contributed by atoms with van der Waals surface area (Å²) in [7, 11) is 0. The highest BCUT2D eigenvalue weighted by molar-refractivity contribution is 6.30. The predicted molar refractivity (Wildman–Crippen MR) is 106 cm³/mol. The van der Waals surface area contributed by atoms with Crippen molar-refractivity contribution in [3.8, 4) is 5.75 Å². The fourth-order valence-corrected chi connectivity index (χ4v) is 3.72. The Morgan fingerprint density at radius 2 is 1.86 bits per heavy atom. The van der Waals surface area contributed by atoms with Crippen LogP contribution in [0.25, 0.3) is 0 Å². The van der Waals surface area contributed by atoms with Crippen LogP contribution in [0.1, 0.15) is 28.3 Å². The SMILES string of the molecule is O=C(NCc1ccc(F)cc1)N1Cc2ccccc2C1c1cc(Cl)ccc1O. The van der Waals surface area contributed by atoms with Crippen LogP contribution in [0.4, 0.5) is 9.18 Å². The van der Waals surface area contributed by atoms with E-state index < -0.39 is 6.04 Å². The second-order valence-electron chi connectivity index (χ2n) is 6.72. The van der Waals surface area contributed by atoms with Crippen LogP contribution in [0, 0.1) is 5.82 Å². The Morgan fingerprint density at radius 3 is 2.64 bits per heavy atom. The topological polar surface area (TPSA) is 52.6 Å². The summed E-state index contributed by atoms with van der Waals surface area (Å²) in [4.78, 5) is 14.6. The first-order valence-corrected chi connectivity index (χ1v) is 9.26. The molecule has 142 valence electrons. The maximum Gasteiger partial charge on any atom is 0.318 e. The van der Waals surface area contributed by atoms with Gasteiger partial charge in [0.1, 0.15) is 11.6 Å². The zero-order chi connectivity index (χ0) is 19.7. The van der Waals surface area contributed by atoms with Gasteiger partial charge in [0.05, 0.1) is 6.04 Å². The second-order valence-corrected chi connectivity index (χ2v) is 7.15. The average Bonchev–Trinajstić information content (AvgIpc) is 3.08.